The molecular weight excluding hydrogens is 354 g/mol. The fourth-order valence-electron chi connectivity index (χ4n) is 2.69. The number of nitrogens with two attached hydrogens (primary N) is 1. The standard InChI is InChI=1S/C15H14FIN2/c1-9-6-10-4-2-3-5-14(10)19(9)15-7-11(16)12(17)8-13(15)18/h2-5,7-9H,6,18H2,1H3. The number of hydrogen-bond acceptors (Lipinski definition) is 2. The Morgan fingerprint density at radius 2 is 2.00 bits per heavy atom. The Morgan fingerprint density at radius 3 is 2.79 bits per heavy atom. The minimum Gasteiger partial charge on any atom is -0.397 e. The molecule has 3 rings (SSSR count). The number of nitrogen functional groups attached to an aromatic ring is 1. The van der Waals surface area contributed by atoms with Crippen LogP contribution in [-0.2, 0) is 6.42 Å². The molecule has 4 heteroatoms. The number of hydrogen-bond donors (Lipinski definition) is 1. The summed E-state index contributed by atoms with van der Waals surface area (Å²) < 4.78 is 14.4. The van der Waals surface area contributed by atoms with Crippen molar-refractivity contribution in [2.45, 2.75) is 19.4 Å². The van der Waals surface area contributed by atoms with E-state index in [1.165, 1.54) is 11.6 Å². The predicted octanol–water partition coefficient (Wildman–Crippen LogP) is 4.10. The first-order valence-electron chi connectivity index (χ1n) is 6.19. The monoisotopic (exact) mass is 368 g/mol. The lowest BCUT2D eigenvalue weighted by Gasteiger charge is -2.26. The molecule has 19 heavy (non-hydrogen) atoms. The van der Waals surface area contributed by atoms with Crippen molar-refractivity contribution in [2.24, 2.45) is 0 Å². The summed E-state index contributed by atoms with van der Waals surface area (Å²) >= 11 is 1.96. The van der Waals surface area contributed by atoms with Crippen LogP contribution in [0.3, 0.4) is 0 Å². The van der Waals surface area contributed by atoms with Crippen LogP contribution in [0.1, 0.15) is 12.5 Å². The van der Waals surface area contributed by atoms with E-state index in [9.17, 15) is 4.39 Å². The third-order valence-corrected chi connectivity index (χ3v) is 4.36. The van der Waals surface area contributed by atoms with Crippen LogP contribution in [0.25, 0.3) is 0 Å². The predicted molar refractivity (Wildman–Crippen MR) is 85.3 cm³/mol. The van der Waals surface area contributed by atoms with Crippen LogP contribution in [-0.4, -0.2) is 6.04 Å². The molecule has 2 nitrogen and oxygen atoms in total. The Morgan fingerprint density at radius 1 is 1.26 bits per heavy atom. The van der Waals surface area contributed by atoms with E-state index < -0.39 is 0 Å². The Bertz CT molecular complexity index is 642. The Balaban J connectivity index is 2.15. The maximum absolute atomic E-state index is 13.8. The second-order valence-electron chi connectivity index (χ2n) is 4.88. The molecule has 1 atom stereocenters. The van der Waals surface area contributed by atoms with Gasteiger partial charge in [-0.25, -0.2) is 4.39 Å². The second kappa shape index (κ2) is 4.67. The highest BCUT2D eigenvalue weighted by molar-refractivity contribution is 14.1. The summed E-state index contributed by atoms with van der Waals surface area (Å²) in [4.78, 5) is 2.13. The summed E-state index contributed by atoms with van der Waals surface area (Å²) in [7, 11) is 0. The quantitative estimate of drug-likeness (QED) is 0.607. The zero-order valence-electron chi connectivity index (χ0n) is 10.5. The summed E-state index contributed by atoms with van der Waals surface area (Å²) in [6, 6.07) is 11.7. The fourth-order valence-corrected chi connectivity index (χ4v) is 3.18. The zero-order valence-corrected chi connectivity index (χ0v) is 12.7. The lowest BCUT2D eigenvalue weighted by atomic mass is 10.1. The molecule has 1 heterocycles. The van der Waals surface area contributed by atoms with E-state index in [-0.39, 0.29) is 5.82 Å². The van der Waals surface area contributed by atoms with Gasteiger partial charge in [0.25, 0.3) is 0 Å². The van der Waals surface area contributed by atoms with Crippen molar-refractivity contribution in [3.8, 4) is 0 Å². The van der Waals surface area contributed by atoms with Crippen LogP contribution in [0.2, 0.25) is 0 Å². The number of benzene rings is 2. The number of para-hydroxylation sites is 1. The summed E-state index contributed by atoms with van der Waals surface area (Å²) in [5.74, 6) is -0.221. The number of fused-ring (bicyclic) bond motifs is 1. The Labute approximate surface area is 125 Å². The van der Waals surface area contributed by atoms with E-state index in [4.69, 9.17) is 5.73 Å². The highest BCUT2D eigenvalue weighted by Crippen LogP contribution is 2.41. The van der Waals surface area contributed by atoms with Gasteiger partial charge in [0.1, 0.15) is 5.82 Å². The van der Waals surface area contributed by atoms with Crippen molar-refractivity contribution < 1.29 is 4.39 Å². The molecule has 1 aliphatic heterocycles. The van der Waals surface area contributed by atoms with E-state index in [1.807, 2.05) is 34.7 Å². The van der Waals surface area contributed by atoms with Gasteiger partial charge in [-0.2, -0.15) is 0 Å². The first-order chi connectivity index (χ1) is 9.08. The topological polar surface area (TPSA) is 29.3 Å². The zero-order chi connectivity index (χ0) is 13.6. The van der Waals surface area contributed by atoms with Gasteiger partial charge in [-0.3, -0.25) is 0 Å². The molecule has 0 saturated heterocycles. The minimum atomic E-state index is -0.221. The molecule has 2 N–H and O–H groups in total. The normalized spacial score (nSPS) is 17.6. The van der Waals surface area contributed by atoms with E-state index in [1.54, 1.807) is 6.07 Å². The largest absolute Gasteiger partial charge is 0.397 e. The lowest BCUT2D eigenvalue weighted by molar-refractivity contribution is 0.619. The van der Waals surface area contributed by atoms with Crippen molar-refractivity contribution in [1.82, 2.24) is 0 Å². The molecule has 0 saturated carbocycles. The molecule has 98 valence electrons. The maximum Gasteiger partial charge on any atom is 0.138 e. The van der Waals surface area contributed by atoms with Crippen LogP contribution >= 0.6 is 22.6 Å². The van der Waals surface area contributed by atoms with E-state index in [0.717, 1.165) is 17.8 Å². The van der Waals surface area contributed by atoms with Gasteiger partial charge in [0, 0.05) is 17.8 Å². The lowest BCUT2D eigenvalue weighted by Crippen LogP contribution is -2.25. The first-order valence-corrected chi connectivity index (χ1v) is 7.27. The van der Waals surface area contributed by atoms with Crippen molar-refractivity contribution in [2.75, 3.05) is 10.6 Å². The van der Waals surface area contributed by atoms with E-state index >= 15 is 0 Å². The third-order valence-electron chi connectivity index (χ3n) is 3.54. The summed E-state index contributed by atoms with van der Waals surface area (Å²) in [6.07, 6.45) is 0.962. The molecule has 0 aliphatic carbocycles. The van der Waals surface area contributed by atoms with Crippen molar-refractivity contribution in [3.05, 3.63) is 51.3 Å². The van der Waals surface area contributed by atoms with Crippen molar-refractivity contribution in [3.63, 3.8) is 0 Å². The van der Waals surface area contributed by atoms with Gasteiger partial charge in [0.2, 0.25) is 0 Å². The van der Waals surface area contributed by atoms with E-state index in [2.05, 4.69) is 24.0 Å². The van der Waals surface area contributed by atoms with Gasteiger partial charge < -0.3 is 10.6 Å². The van der Waals surface area contributed by atoms with Crippen LogP contribution in [0, 0.1) is 9.39 Å². The average molecular weight is 368 g/mol. The van der Waals surface area contributed by atoms with Crippen LogP contribution in [0.4, 0.5) is 21.5 Å². The molecule has 0 aromatic heterocycles. The molecule has 1 unspecified atom stereocenters. The Hall–Kier alpha value is -1.30. The molecule has 0 amide bonds. The summed E-state index contributed by atoms with van der Waals surface area (Å²) in [5, 5.41) is 0. The summed E-state index contributed by atoms with van der Waals surface area (Å²) in [6.45, 7) is 2.13. The number of nitrogens with zero attached hydrogens (tertiary/aromatic N) is 1. The SMILES string of the molecule is CC1Cc2ccccc2N1c1cc(F)c(I)cc1N. The number of rotatable bonds is 1. The fraction of sp³-hybridized carbons (Fsp3) is 0.200. The van der Waals surface area contributed by atoms with Gasteiger partial charge in [-0.15, -0.1) is 0 Å². The van der Waals surface area contributed by atoms with Gasteiger partial charge in [0.15, 0.2) is 0 Å². The first kappa shape index (κ1) is 12.7. The molecule has 0 bridgehead atoms. The highest BCUT2D eigenvalue weighted by atomic mass is 127. The Kier molecular flexibility index (Phi) is 3.12. The second-order valence-corrected chi connectivity index (χ2v) is 6.04. The van der Waals surface area contributed by atoms with Crippen molar-refractivity contribution >= 4 is 39.7 Å². The highest BCUT2D eigenvalue weighted by Gasteiger charge is 2.28. The van der Waals surface area contributed by atoms with Crippen molar-refractivity contribution in [1.29, 1.82) is 0 Å². The van der Waals surface area contributed by atoms with Gasteiger partial charge in [-0.1, -0.05) is 18.2 Å². The van der Waals surface area contributed by atoms with Crippen LogP contribution in [0.5, 0.6) is 0 Å². The number of halogens is 2. The molecule has 0 spiro atoms. The average Bonchev–Trinajstić information content (AvgIpc) is 2.70. The molecule has 0 fully saturated rings. The summed E-state index contributed by atoms with van der Waals surface area (Å²) in [5.41, 5.74) is 9.87. The molecular formula is C15H14FIN2. The third kappa shape index (κ3) is 2.08. The van der Waals surface area contributed by atoms with Gasteiger partial charge in [-0.05, 0) is 53.6 Å². The van der Waals surface area contributed by atoms with Crippen LogP contribution < -0.4 is 10.6 Å². The van der Waals surface area contributed by atoms with E-state index in [0.29, 0.717) is 15.3 Å². The molecule has 0 radical (unpaired) electrons. The van der Waals surface area contributed by atoms with Gasteiger partial charge >= 0.3 is 0 Å². The minimum absolute atomic E-state index is 0.221. The molecule has 2 aromatic carbocycles. The smallest absolute Gasteiger partial charge is 0.138 e. The number of anilines is 3. The van der Waals surface area contributed by atoms with Crippen LogP contribution in [0.15, 0.2) is 36.4 Å². The molecule has 1 aliphatic rings. The van der Waals surface area contributed by atoms with Gasteiger partial charge in [0.05, 0.1) is 14.9 Å². The maximum atomic E-state index is 13.8. The molecule has 2 aromatic rings.